The lowest BCUT2D eigenvalue weighted by molar-refractivity contribution is -0.137. The first kappa shape index (κ1) is 15.7. The molecule has 0 radical (unpaired) electrons. The Hall–Kier alpha value is -0.710. The number of hydrogen-bond acceptors (Lipinski definition) is 1. The molecule has 0 atom stereocenters. The average molecular weight is 350 g/mol. The van der Waals surface area contributed by atoms with Crippen LogP contribution < -0.4 is 5.32 Å². The van der Waals surface area contributed by atoms with Gasteiger partial charge in [-0.3, -0.25) is 0 Å². The molecule has 0 heterocycles. The summed E-state index contributed by atoms with van der Waals surface area (Å²) in [5.41, 5.74) is -0.421. The maximum absolute atomic E-state index is 12.9. The van der Waals surface area contributed by atoms with Crippen LogP contribution in [0.2, 0.25) is 0 Å². The van der Waals surface area contributed by atoms with Gasteiger partial charge >= 0.3 is 6.18 Å². The van der Waals surface area contributed by atoms with E-state index in [0.29, 0.717) is 16.9 Å². The Morgan fingerprint density at radius 1 is 1.20 bits per heavy atom. The lowest BCUT2D eigenvalue weighted by Gasteiger charge is -2.27. The number of alkyl halides is 3. The van der Waals surface area contributed by atoms with Gasteiger partial charge in [-0.2, -0.15) is 13.2 Å². The lowest BCUT2D eigenvalue weighted by Crippen LogP contribution is -2.21. The molecule has 1 saturated carbocycles. The van der Waals surface area contributed by atoms with Crippen LogP contribution in [0.15, 0.2) is 22.7 Å². The van der Waals surface area contributed by atoms with E-state index >= 15 is 0 Å². The molecular formula is C15H19BrF3N. The summed E-state index contributed by atoms with van der Waals surface area (Å²) in [5, 5.41) is 3.00. The van der Waals surface area contributed by atoms with Crippen LogP contribution in [-0.4, -0.2) is 6.54 Å². The molecular weight excluding hydrogens is 331 g/mol. The minimum atomic E-state index is -4.32. The van der Waals surface area contributed by atoms with Gasteiger partial charge in [-0.25, -0.2) is 0 Å². The zero-order chi connectivity index (χ0) is 14.8. The third kappa shape index (κ3) is 4.14. The fourth-order valence-electron chi connectivity index (χ4n) is 2.70. The molecule has 1 aliphatic carbocycles. The van der Waals surface area contributed by atoms with E-state index in [1.165, 1.54) is 25.0 Å². The standard InChI is InChI=1S/C15H19BrF3N/c1-10-2-4-11(5-3-10)9-20-14-8-12(16)6-7-13(14)15(17,18)19/h6-8,10-11,20H,2-5,9H2,1H3. The highest BCUT2D eigenvalue weighted by molar-refractivity contribution is 9.10. The molecule has 20 heavy (non-hydrogen) atoms. The Balaban J connectivity index is 2.03. The topological polar surface area (TPSA) is 12.0 Å². The highest BCUT2D eigenvalue weighted by Crippen LogP contribution is 2.37. The molecule has 1 fully saturated rings. The third-order valence-electron chi connectivity index (χ3n) is 4.00. The van der Waals surface area contributed by atoms with Gasteiger partial charge in [-0.1, -0.05) is 35.7 Å². The van der Waals surface area contributed by atoms with Crippen molar-refractivity contribution in [3.63, 3.8) is 0 Å². The van der Waals surface area contributed by atoms with Gasteiger partial charge < -0.3 is 5.32 Å². The predicted octanol–water partition coefficient (Wildman–Crippen LogP) is 5.71. The normalized spacial score (nSPS) is 23.6. The number of rotatable bonds is 3. The molecule has 0 unspecified atom stereocenters. The van der Waals surface area contributed by atoms with Gasteiger partial charge in [0.1, 0.15) is 0 Å². The van der Waals surface area contributed by atoms with Crippen molar-refractivity contribution < 1.29 is 13.2 Å². The van der Waals surface area contributed by atoms with E-state index in [0.717, 1.165) is 24.8 Å². The molecule has 1 nitrogen and oxygen atoms in total. The Bertz CT molecular complexity index is 451. The monoisotopic (exact) mass is 349 g/mol. The summed E-state index contributed by atoms with van der Waals surface area (Å²) in [4.78, 5) is 0. The fourth-order valence-corrected chi connectivity index (χ4v) is 3.06. The average Bonchev–Trinajstić information content (AvgIpc) is 2.36. The van der Waals surface area contributed by atoms with Crippen LogP contribution in [0.1, 0.15) is 38.2 Å². The quantitative estimate of drug-likeness (QED) is 0.737. The zero-order valence-corrected chi connectivity index (χ0v) is 13.0. The smallest absolute Gasteiger partial charge is 0.384 e. The summed E-state index contributed by atoms with van der Waals surface area (Å²) >= 11 is 3.23. The Kier molecular flexibility index (Phi) is 4.99. The third-order valence-corrected chi connectivity index (χ3v) is 4.50. The molecule has 5 heteroatoms. The van der Waals surface area contributed by atoms with Crippen LogP contribution in [0, 0.1) is 11.8 Å². The molecule has 2 rings (SSSR count). The van der Waals surface area contributed by atoms with Crippen LogP contribution in [-0.2, 0) is 6.18 Å². The van der Waals surface area contributed by atoms with Crippen molar-refractivity contribution >= 4 is 21.6 Å². The van der Waals surface area contributed by atoms with Crippen LogP contribution in [0.4, 0.5) is 18.9 Å². The van der Waals surface area contributed by atoms with Gasteiger partial charge in [0.15, 0.2) is 0 Å². The summed E-state index contributed by atoms with van der Waals surface area (Å²) in [5.74, 6) is 1.23. The van der Waals surface area contributed by atoms with E-state index in [9.17, 15) is 13.2 Å². The molecule has 0 saturated heterocycles. The second kappa shape index (κ2) is 6.37. The molecule has 112 valence electrons. The summed E-state index contributed by atoms with van der Waals surface area (Å²) in [6.45, 7) is 2.85. The second-order valence-electron chi connectivity index (χ2n) is 5.69. The molecule has 0 aliphatic heterocycles. The minimum Gasteiger partial charge on any atom is -0.384 e. The maximum Gasteiger partial charge on any atom is 0.418 e. The Morgan fingerprint density at radius 2 is 1.85 bits per heavy atom. The first-order chi connectivity index (χ1) is 9.36. The number of halogens is 4. The summed E-state index contributed by atoms with van der Waals surface area (Å²) in [7, 11) is 0. The van der Waals surface area contributed by atoms with Crippen molar-refractivity contribution in [3.8, 4) is 0 Å². The lowest BCUT2D eigenvalue weighted by atomic mass is 9.83. The van der Waals surface area contributed by atoms with Crippen LogP contribution in [0.5, 0.6) is 0 Å². The molecule has 1 aromatic carbocycles. The first-order valence-corrected chi connectivity index (χ1v) is 7.76. The van der Waals surface area contributed by atoms with Gasteiger partial charge in [-0.15, -0.1) is 0 Å². The molecule has 1 aliphatic rings. The van der Waals surface area contributed by atoms with E-state index in [1.54, 1.807) is 0 Å². The van der Waals surface area contributed by atoms with Crippen molar-refractivity contribution in [2.75, 3.05) is 11.9 Å². The van der Waals surface area contributed by atoms with Crippen molar-refractivity contribution in [1.82, 2.24) is 0 Å². The molecule has 0 aromatic heterocycles. The summed E-state index contributed by atoms with van der Waals surface area (Å²) < 4.78 is 39.5. The van der Waals surface area contributed by atoms with Crippen LogP contribution in [0.25, 0.3) is 0 Å². The van der Waals surface area contributed by atoms with E-state index in [4.69, 9.17) is 0 Å². The zero-order valence-electron chi connectivity index (χ0n) is 11.4. The molecule has 0 bridgehead atoms. The van der Waals surface area contributed by atoms with Crippen LogP contribution in [0.3, 0.4) is 0 Å². The van der Waals surface area contributed by atoms with Gasteiger partial charge in [0.25, 0.3) is 0 Å². The SMILES string of the molecule is CC1CCC(CNc2cc(Br)ccc2C(F)(F)F)CC1. The fraction of sp³-hybridized carbons (Fsp3) is 0.600. The molecule has 1 aromatic rings. The largest absolute Gasteiger partial charge is 0.418 e. The van der Waals surface area contributed by atoms with Crippen molar-refractivity contribution in [3.05, 3.63) is 28.2 Å². The number of anilines is 1. The molecule has 0 spiro atoms. The number of hydrogen-bond donors (Lipinski definition) is 1. The van der Waals surface area contributed by atoms with E-state index in [2.05, 4.69) is 28.2 Å². The number of benzene rings is 1. The Morgan fingerprint density at radius 3 is 2.45 bits per heavy atom. The van der Waals surface area contributed by atoms with E-state index in [1.807, 2.05) is 0 Å². The van der Waals surface area contributed by atoms with Gasteiger partial charge in [-0.05, 0) is 42.9 Å². The number of nitrogens with one attached hydrogen (secondary N) is 1. The highest BCUT2D eigenvalue weighted by Gasteiger charge is 2.33. The van der Waals surface area contributed by atoms with E-state index in [-0.39, 0.29) is 5.69 Å². The van der Waals surface area contributed by atoms with Crippen molar-refractivity contribution in [2.45, 2.75) is 38.8 Å². The highest BCUT2D eigenvalue weighted by atomic mass is 79.9. The van der Waals surface area contributed by atoms with Gasteiger partial charge in [0, 0.05) is 16.7 Å². The van der Waals surface area contributed by atoms with Crippen molar-refractivity contribution in [2.24, 2.45) is 11.8 Å². The first-order valence-electron chi connectivity index (χ1n) is 6.97. The summed E-state index contributed by atoms with van der Waals surface area (Å²) in [6.07, 6.45) is 0.241. The second-order valence-corrected chi connectivity index (χ2v) is 6.61. The Labute approximate surface area is 126 Å². The summed E-state index contributed by atoms with van der Waals surface area (Å²) in [6, 6.07) is 4.06. The van der Waals surface area contributed by atoms with Gasteiger partial charge in [0.05, 0.1) is 5.56 Å². The van der Waals surface area contributed by atoms with Crippen molar-refractivity contribution in [1.29, 1.82) is 0 Å². The van der Waals surface area contributed by atoms with E-state index < -0.39 is 11.7 Å². The molecule has 1 N–H and O–H groups in total. The van der Waals surface area contributed by atoms with Crippen LogP contribution >= 0.6 is 15.9 Å². The maximum atomic E-state index is 12.9. The van der Waals surface area contributed by atoms with Gasteiger partial charge in [0.2, 0.25) is 0 Å². The molecule has 0 amide bonds. The predicted molar refractivity (Wildman–Crippen MR) is 78.8 cm³/mol. The minimum absolute atomic E-state index is 0.172.